The number of aryl methyl sites for hydroxylation is 3. The Balaban J connectivity index is 2.72. The van der Waals surface area contributed by atoms with Crippen LogP contribution in [0, 0.1) is 13.8 Å². The van der Waals surface area contributed by atoms with Gasteiger partial charge < -0.3 is 5.73 Å². The maximum atomic E-state index is 5.97. The lowest BCUT2D eigenvalue weighted by Gasteiger charge is -2.18. The standard InChI is InChI=1S/C13H21N/c1-10-5-6-11(2)12(9-10)7-8-13(3,4)14/h5-6,9H,7-8,14H2,1-4H3. The number of rotatable bonds is 3. The largest absolute Gasteiger partial charge is 0.326 e. The SMILES string of the molecule is Cc1ccc(C)c(CCC(C)(C)N)c1. The lowest BCUT2D eigenvalue weighted by molar-refractivity contribution is 0.476. The molecule has 0 saturated carbocycles. The second-order valence-electron chi connectivity index (χ2n) is 4.92. The van der Waals surface area contributed by atoms with Crippen LogP contribution >= 0.6 is 0 Å². The quantitative estimate of drug-likeness (QED) is 0.781. The molecule has 2 N–H and O–H groups in total. The highest BCUT2D eigenvalue weighted by Crippen LogP contribution is 2.16. The Hall–Kier alpha value is -0.820. The summed E-state index contributed by atoms with van der Waals surface area (Å²) in [7, 11) is 0. The number of hydrogen-bond donors (Lipinski definition) is 1. The van der Waals surface area contributed by atoms with E-state index in [1.807, 2.05) is 0 Å². The molecule has 0 aliphatic rings. The Morgan fingerprint density at radius 2 is 1.86 bits per heavy atom. The summed E-state index contributed by atoms with van der Waals surface area (Å²) < 4.78 is 0. The van der Waals surface area contributed by atoms with Gasteiger partial charge in [-0.2, -0.15) is 0 Å². The molecule has 1 nitrogen and oxygen atoms in total. The zero-order chi connectivity index (χ0) is 10.8. The van der Waals surface area contributed by atoms with E-state index in [2.05, 4.69) is 45.9 Å². The molecule has 0 aliphatic heterocycles. The monoisotopic (exact) mass is 191 g/mol. The molecule has 1 aromatic carbocycles. The van der Waals surface area contributed by atoms with Crippen LogP contribution in [0.5, 0.6) is 0 Å². The van der Waals surface area contributed by atoms with Crippen LogP contribution in [-0.2, 0) is 6.42 Å². The molecular weight excluding hydrogens is 170 g/mol. The molecule has 0 amide bonds. The maximum Gasteiger partial charge on any atom is 0.0100 e. The van der Waals surface area contributed by atoms with Gasteiger partial charge in [-0.05, 0) is 51.7 Å². The molecule has 0 saturated heterocycles. The third kappa shape index (κ3) is 3.51. The lowest BCUT2D eigenvalue weighted by Crippen LogP contribution is -2.32. The van der Waals surface area contributed by atoms with Crippen molar-refractivity contribution in [2.45, 2.75) is 46.1 Å². The van der Waals surface area contributed by atoms with Gasteiger partial charge in [-0.3, -0.25) is 0 Å². The highest BCUT2D eigenvalue weighted by molar-refractivity contribution is 5.30. The first kappa shape index (κ1) is 11.3. The smallest absolute Gasteiger partial charge is 0.0100 e. The Kier molecular flexibility index (Phi) is 3.33. The topological polar surface area (TPSA) is 26.0 Å². The first-order chi connectivity index (χ1) is 6.38. The van der Waals surface area contributed by atoms with Crippen LogP contribution in [0.4, 0.5) is 0 Å². The van der Waals surface area contributed by atoms with E-state index in [1.54, 1.807) is 0 Å². The van der Waals surface area contributed by atoms with E-state index in [4.69, 9.17) is 5.73 Å². The van der Waals surface area contributed by atoms with Crippen LogP contribution in [0.2, 0.25) is 0 Å². The zero-order valence-corrected chi connectivity index (χ0v) is 9.72. The number of hydrogen-bond acceptors (Lipinski definition) is 1. The van der Waals surface area contributed by atoms with Crippen molar-refractivity contribution >= 4 is 0 Å². The minimum atomic E-state index is -0.0593. The van der Waals surface area contributed by atoms with Crippen LogP contribution in [-0.4, -0.2) is 5.54 Å². The fourth-order valence-electron chi connectivity index (χ4n) is 1.53. The van der Waals surface area contributed by atoms with E-state index in [0.717, 1.165) is 12.8 Å². The van der Waals surface area contributed by atoms with E-state index in [0.29, 0.717) is 0 Å². The van der Waals surface area contributed by atoms with Gasteiger partial charge in [0.1, 0.15) is 0 Å². The van der Waals surface area contributed by atoms with Crippen LogP contribution < -0.4 is 5.73 Å². The average molecular weight is 191 g/mol. The van der Waals surface area contributed by atoms with Crippen molar-refractivity contribution in [2.75, 3.05) is 0 Å². The summed E-state index contributed by atoms with van der Waals surface area (Å²) in [6, 6.07) is 6.61. The highest BCUT2D eigenvalue weighted by Gasteiger charge is 2.11. The lowest BCUT2D eigenvalue weighted by atomic mass is 9.94. The van der Waals surface area contributed by atoms with E-state index in [-0.39, 0.29) is 5.54 Å². The molecule has 0 bridgehead atoms. The molecule has 0 fully saturated rings. The summed E-state index contributed by atoms with van der Waals surface area (Å²) in [6.07, 6.45) is 2.12. The third-order valence-corrected chi connectivity index (χ3v) is 2.54. The average Bonchev–Trinajstić information content (AvgIpc) is 2.05. The van der Waals surface area contributed by atoms with Crippen molar-refractivity contribution in [1.29, 1.82) is 0 Å². The molecule has 0 radical (unpaired) electrons. The van der Waals surface area contributed by atoms with Gasteiger partial charge in [0.05, 0.1) is 0 Å². The van der Waals surface area contributed by atoms with Gasteiger partial charge in [-0.25, -0.2) is 0 Å². The van der Waals surface area contributed by atoms with Crippen LogP contribution in [0.3, 0.4) is 0 Å². The summed E-state index contributed by atoms with van der Waals surface area (Å²) in [6.45, 7) is 8.46. The van der Waals surface area contributed by atoms with Gasteiger partial charge in [0, 0.05) is 5.54 Å². The van der Waals surface area contributed by atoms with Gasteiger partial charge in [-0.1, -0.05) is 23.8 Å². The molecule has 1 rings (SSSR count). The molecule has 1 heteroatoms. The van der Waals surface area contributed by atoms with Crippen molar-refractivity contribution in [3.05, 3.63) is 34.9 Å². The second-order valence-corrected chi connectivity index (χ2v) is 4.92. The van der Waals surface area contributed by atoms with Gasteiger partial charge in [0.25, 0.3) is 0 Å². The number of benzene rings is 1. The fraction of sp³-hybridized carbons (Fsp3) is 0.538. The van der Waals surface area contributed by atoms with Crippen molar-refractivity contribution in [3.8, 4) is 0 Å². The minimum Gasteiger partial charge on any atom is -0.326 e. The first-order valence-corrected chi connectivity index (χ1v) is 5.23. The molecule has 0 spiro atoms. The molecule has 78 valence electrons. The van der Waals surface area contributed by atoms with Crippen molar-refractivity contribution < 1.29 is 0 Å². The fourth-order valence-corrected chi connectivity index (χ4v) is 1.53. The van der Waals surface area contributed by atoms with Crippen molar-refractivity contribution in [3.63, 3.8) is 0 Å². The Morgan fingerprint density at radius 1 is 1.21 bits per heavy atom. The summed E-state index contributed by atoms with van der Waals surface area (Å²) >= 11 is 0. The van der Waals surface area contributed by atoms with E-state index in [9.17, 15) is 0 Å². The summed E-state index contributed by atoms with van der Waals surface area (Å²) in [5.41, 5.74) is 10.1. The van der Waals surface area contributed by atoms with Crippen molar-refractivity contribution in [2.24, 2.45) is 5.73 Å². The molecule has 0 atom stereocenters. The summed E-state index contributed by atoms with van der Waals surface area (Å²) in [5, 5.41) is 0. The maximum absolute atomic E-state index is 5.97. The summed E-state index contributed by atoms with van der Waals surface area (Å²) in [5.74, 6) is 0. The van der Waals surface area contributed by atoms with Gasteiger partial charge >= 0.3 is 0 Å². The molecular formula is C13H21N. The predicted octanol–water partition coefficient (Wildman–Crippen LogP) is 2.97. The second kappa shape index (κ2) is 4.14. The number of nitrogens with two attached hydrogens (primary N) is 1. The molecule has 0 heterocycles. The molecule has 14 heavy (non-hydrogen) atoms. The zero-order valence-electron chi connectivity index (χ0n) is 9.72. The first-order valence-electron chi connectivity index (χ1n) is 5.23. The molecule has 0 aromatic heterocycles. The van der Waals surface area contributed by atoms with Crippen LogP contribution in [0.15, 0.2) is 18.2 Å². The molecule has 0 unspecified atom stereocenters. The van der Waals surface area contributed by atoms with Crippen molar-refractivity contribution in [1.82, 2.24) is 0 Å². The third-order valence-electron chi connectivity index (χ3n) is 2.54. The molecule has 1 aromatic rings. The van der Waals surface area contributed by atoms with Crippen LogP contribution in [0.1, 0.15) is 37.0 Å². The van der Waals surface area contributed by atoms with E-state index < -0.39 is 0 Å². The molecule has 0 aliphatic carbocycles. The van der Waals surface area contributed by atoms with E-state index in [1.165, 1.54) is 16.7 Å². The van der Waals surface area contributed by atoms with E-state index >= 15 is 0 Å². The van der Waals surface area contributed by atoms with Gasteiger partial charge in [0.2, 0.25) is 0 Å². The van der Waals surface area contributed by atoms with Crippen LogP contribution in [0.25, 0.3) is 0 Å². The highest BCUT2D eigenvalue weighted by atomic mass is 14.7. The predicted molar refractivity (Wildman–Crippen MR) is 62.5 cm³/mol. The Bertz CT molecular complexity index is 308. The Labute approximate surface area is 87.3 Å². The normalized spacial score (nSPS) is 11.8. The summed E-state index contributed by atoms with van der Waals surface area (Å²) in [4.78, 5) is 0. The van der Waals surface area contributed by atoms with Gasteiger partial charge in [-0.15, -0.1) is 0 Å². The Morgan fingerprint density at radius 3 is 2.43 bits per heavy atom. The van der Waals surface area contributed by atoms with Gasteiger partial charge in [0.15, 0.2) is 0 Å². The minimum absolute atomic E-state index is 0.0593.